The Labute approximate surface area is 323 Å². The van der Waals surface area contributed by atoms with Crippen LogP contribution in [-0.4, -0.2) is 0 Å². The summed E-state index contributed by atoms with van der Waals surface area (Å²) in [4.78, 5) is 0. The Hall–Kier alpha value is -5.98. The Bertz CT molecular complexity index is 2590. The van der Waals surface area contributed by atoms with E-state index in [1.807, 2.05) is 27.7 Å². The van der Waals surface area contributed by atoms with Crippen LogP contribution in [0.4, 0.5) is 0 Å². The van der Waals surface area contributed by atoms with Crippen LogP contribution >= 0.6 is 0 Å². The van der Waals surface area contributed by atoms with Gasteiger partial charge in [0.1, 0.15) is 0 Å². The topological polar surface area (TPSA) is 0 Å². The van der Waals surface area contributed by atoms with Crippen LogP contribution in [0.5, 0.6) is 0 Å². The summed E-state index contributed by atoms with van der Waals surface area (Å²) < 4.78 is 0. The van der Waals surface area contributed by atoms with Crippen molar-refractivity contribution < 1.29 is 0 Å². The van der Waals surface area contributed by atoms with E-state index in [0.29, 0.717) is 0 Å². The van der Waals surface area contributed by atoms with E-state index in [9.17, 15) is 0 Å². The lowest BCUT2D eigenvalue weighted by Crippen LogP contribution is -1.95. The number of hydrogen-bond acceptors (Lipinski definition) is 0. The predicted molar refractivity (Wildman–Crippen MR) is 242 cm³/mol. The minimum Gasteiger partial charge on any atom is -0.0871 e. The molecule has 0 amide bonds. The Morgan fingerprint density at radius 3 is 1.41 bits per heavy atom. The van der Waals surface area contributed by atoms with Gasteiger partial charge < -0.3 is 0 Å². The Balaban J connectivity index is 0.00000120. The molecule has 0 bridgehead atoms. The molecule has 0 N–H and O–H groups in total. The molecule has 0 aliphatic rings. The first kappa shape index (κ1) is 37.8. The molecule has 0 spiro atoms. The Morgan fingerprint density at radius 2 is 0.833 bits per heavy atom. The molecular weight excluding hydrogens is 649 g/mol. The zero-order valence-electron chi connectivity index (χ0n) is 33.2. The van der Waals surface area contributed by atoms with Crippen LogP contribution in [-0.2, 0) is 0 Å². The highest BCUT2D eigenvalue weighted by Crippen LogP contribution is 2.37. The first-order valence-electron chi connectivity index (χ1n) is 19.6. The predicted octanol–water partition coefficient (Wildman–Crippen LogP) is 16.5. The van der Waals surface area contributed by atoms with E-state index in [4.69, 9.17) is 0 Å². The van der Waals surface area contributed by atoms with Crippen molar-refractivity contribution in [2.75, 3.05) is 0 Å². The van der Waals surface area contributed by atoms with E-state index in [1.54, 1.807) is 0 Å². The standard InChI is InChI=1S/C50H40.2C2H6/c1-5-11-40-31-49(45(12-6-2)34(4)33(40)3)38-23-17-35(18-24-38)41-27-21-37-22-28-42(30-44(37)29-41)36-19-25-39(26-20-36)50-32-43-13-7-8-14-46(43)47-15-9-10-16-48(47)50;2*1-2/h5-32H,1-4H3;2*1-2H3/b11-5-,12-6-;;. The molecule has 8 aromatic rings. The van der Waals surface area contributed by atoms with Gasteiger partial charge in [-0.05, 0) is 151 Å². The second kappa shape index (κ2) is 17.2. The molecule has 0 heteroatoms. The summed E-state index contributed by atoms with van der Waals surface area (Å²) in [6.07, 6.45) is 8.71. The average molecular weight is 701 g/mol. The molecule has 0 aromatic heterocycles. The minimum absolute atomic E-state index is 1.22. The number of hydrogen-bond donors (Lipinski definition) is 0. The van der Waals surface area contributed by atoms with Crippen molar-refractivity contribution in [2.45, 2.75) is 55.4 Å². The zero-order valence-corrected chi connectivity index (χ0v) is 33.2. The van der Waals surface area contributed by atoms with Gasteiger partial charge in [-0.15, -0.1) is 0 Å². The van der Waals surface area contributed by atoms with Crippen LogP contribution in [0.1, 0.15) is 63.8 Å². The SMILES string of the molecule is C/C=C\c1cc(-c2ccc(-c3ccc4ccc(-c5ccc(-c6cc7ccccc7c7ccccc67)cc5)cc4c3)cc2)c(/C=C\C)c(C)c1C.CC.CC. The highest BCUT2D eigenvalue weighted by Gasteiger charge is 2.13. The summed E-state index contributed by atoms with van der Waals surface area (Å²) in [7, 11) is 0. The first-order valence-corrected chi connectivity index (χ1v) is 19.6. The summed E-state index contributed by atoms with van der Waals surface area (Å²) in [5.41, 5.74) is 15.1. The molecule has 8 rings (SSSR count). The highest BCUT2D eigenvalue weighted by molar-refractivity contribution is 6.13. The minimum atomic E-state index is 1.22. The quantitative estimate of drug-likeness (QED) is 0.152. The van der Waals surface area contributed by atoms with Crippen LogP contribution in [0.15, 0.2) is 158 Å². The average Bonchev–Trinajstić information content (AvgIpc) is 3.24. The fourth-order valence-corrected chi connectivity index (χ4v) is 7.52. The smallest absolute Gasteiger partial charge is 0.00990 e. The van der Waals surface area contributed by atoms with Crippen molar-refractivity contribution in [3.05, 3.63) is 180 Å². The van der Waals surface area contributed by atoms with Crippen molar-refractivity contribution in [1.29, 1.82) is 0 Å². The van der Waals surface area contributed by atoms with Crippen LogP contribution < -0.4 is 0 Å². The maximum absolute atomic E-state index is 2.33. The van der Waals surface area contributed by atoms with Crippen molar-refractivity contribution in [3.63, 3.8) is 0 Å². The van der Waals surface area contributed by atoms with E-state index < -0.39 is 0 Å². The summed E-state index contributed by atoms with van der Waals surface area (Å²) in [6, 6.07) is 53.9. The van der Waals surface area contributed by atoms with Gasteiger partial charge in [-0.2, -0.15) is 0 Å². The van der Waals surface area contributed by atoms with Crippen molar-refractivity contribution in [2.24, 2.45) is 0 Å². The molecule has 0 atom stereocenters. The number of allylic oxidation sites excluding steroid dienone is 2. The van der Waals surface area contributed by atoms with E-state index in [-0.39, 0.29) is 0 Å². The van der Waals surface area contributed by atoms with Crippen molar-refractivity contribution in [3.8, 4) is 44.5 Å². The van der Waals surface area contributed by atoms with Gasteiger partial charge >= 0.3 is 0 Å². The lowest BCUT2D eigenvalue weighted by atomic mass is 9.88. The van der Waals surface area contributed by atoms with Gasteiger partial charge in [0.2, 0.25) is 0 Å². The lowest BCUT2D eigenvalue weighted by molar-refractivity contribution is 1.31. The third-order valence-corrected chi connectivity index (χ3v) is 10.3. The van der Waals surface area contributed by atoms with E-state index >= 15 is 0 Å². The molecule has 0 aliphatic heterocycles. The molecule has 0 saturated carbocycles. The molecule has 8 aromatic carbocycles. The number of benzene rings is 8. The van der Waals surface area contributed by atoms with Crippen molar-refractivity contribution in [1.82, 2.24) is 0 Å². The number of rotatable bonds is 6. The monoisotopic (exact) mass is 700 g/mol. The van der Waals surface area contributed by atoms with Gasteiger partial charge in [0.25, 0.3) is 0 Å². The first-order chi connectivity index (χ1) is 26.5. The van der Waals surface area contributed by atoms with Gasteiger partial charge in [0.05, 0.1) is 0 Å². The molecule has 0 fully saturated rings. The summed E-state index contributed by atoms with van der Waals surface area (Å²) in [5, 5.41) is 7.65. The van der Waals surface area contributed by atoms with E-state index in [0.717, 1.165) is 0 Å². The largest absolute Gasteiger partial charge is 0.0871 e. The second-order valence-electron chi connectivity index (χ2n) is 13.3. The second-order valence-corrected chi connectivity index (χ2v) is 13.3. The summed E-state index contributed by atoms with van der Waals surface area (Å²) in [6.45, 7) is 16.6. The number of fused-ring (bicyclic) bond motifs is 4. The Morgan fingerprint density at radius 1 is 0.352 bits per heavy atom. The summed E-state index contributed by atoms with van der Waals surface area (Å²) >= 11 is 0. The van der Waals surface area contributed by atoms with Crippen LogP contribution in [0.2, 0.25) is 0 Å². The molecule has 0 aliphatic carbocycles. The summed E-state index contributed by atoms with van der Waals surface area (Å²) in [5.74, 6) is 0. The maximum Gasteiger partial charge on any atom is -0.00990 e. The highest BCUT2D eigenvalue weighted by atomic mass is 14.2. The third-order valence-electron chi connectivity index (χ3n) is 10.3. The van der Waals surface area contributed by atoms with Gasteiger partial charge in [-0.3, -0.25) is 0 Å². The molecule has 0 saturated heterocycles. The zero-order chi connectivity index (χ0) is 38.2. The fraction of sp³-hybridized carbons (Fsp3) is 0.148. The maximum atomic E-state index is 2.33. The van der Waals surface area contributed by atoms with Gasteiger partial charge in [0, 0.05) is 0 Å². The molecule has 0 heterocycles. The van der Waals surface area contributed by atoms with Crippen LogP contribution in [0, 0.1) is 13.8 Å². The fourth-order valence-electron chi connectivity index (χ4n) is 7.52. The van der Waals surface area contributed by atoms with E-state index in [1.165, 1.54) is 99.1 Å². The van der Waals surface area contributed by atoms with Crippen LogP contribution in [0.3, 0.4) is 0 Å². The third kappa shape index (κ3) is 7.43. The van der Waals surface area contributed by atoms with Crippen LogP contribution in [0.25, 0.3) is 89.0 Å². The van der Waals surface area contributed by atoms with Gasteiger partial charge in [-0.25, -0.2) is 0 Å². The lowest BCUT2D eigenvalue weighted by Gasteiger charge is -2.16. The normalized spacial score (nSPS) is 11.2. The molecule has 268 valence electrons. The van der Waals surface area contributed by atoms with Gasteiger partial charge in [-0.1, -0.05) is 173 Å². The molecule has 0 radical (unpaired) electrons. The molecular formula is C54H52. The molecule has 0 unspecified atom stereocenters. The Kier molecular flexibility index (Phi) is 12.1. The molecule has 54 heavy (non-hydrogen) atoms. The van der Waals surface area contributed by atoms with Crippen molar-refractivity contribution >= 4 is 44.5 Å². The molecule has 0 nitrogen and oxygen atoms in total. The van der Waals surface area contributed by atoms with E-state index in [2.05, 4.69) is 198 Å². The van der Waals surface area contributed by atoms with Gasteiger partial charge in [0.15, 0.2) is 0 Å².